The van der Waals surface area contributed by atoms with Gasteiger partial charge in [-0.2, -0.15) is 0 Å². The van der Waals surface area contributed by atoms with Gasteiger partial charge in [-0.3, -0.25) is 9.69 Å². The summed E-state index contributed by atoms with van der Waals surface area (Å²) in [5.41, 5.74) is 2.24. The summed E-state index contributed by atoms with van der Waals surface area (Å²) in [6, 6.07) is 6.63. The fourth-order valence-electron chi connectivity index (χ4n) is 3.36. The summed E-state index contributed by atoms with van der Waals surface area (Å²) in [5.74, 6) is 0.420. The molecule has 0 bridgehead atoms. The maximum atomic E-state index is 13.0. The molecule has 2 heterocycles. The maximum absolute atomic E-state index is 13.0. The third-order valence-electron chi connectivity index (χ3n) is 4.92. The summed E-state index contributed by atoms with van der Waals surface area (Å²) >= 11 is 0. The Labute approximate surface area is 159 Å². The van der Waals surface area contributed by atoms with E-state index in [2.05, 4.69) is 20.3 Å². The fourth-order valence-corrected chi connectivity index (χ4v) is 3.36. The molecular formula is C20H27FN4O2. The van der Waals surface area contributed by atoms with Crippen molar-refractivity contribution in [3.63, 3.8) is 0 Å². The number of aryl methyl sites for hydroxylation is 1. The van der Waals surface area contributed by atoms with Crippen molar-refractivity contribution in [3.8, 4) is 0 Å². The van der Waals surface area contributed by atoms with Crippen LogP contribution in [0.5, 0.6) is 0 Å². The molecule has 146 valence electrons. The second-order valence-electron chi connectivity index (χ2n) is 7.22. The van der Waals surface area contributed by atoms with Crippen LogP contribution in [0.2, 0.25) is 0 Å². The van der Waals surface area contributed by atoms with E-state index in [-0.39, 0.29) is 17.6 Å². The Hall–Kier alpha value is -2.41. The van der Waals surface area contributed by atoms with Gasteiger partial charge in [0.25, 0.3) is 5.91 Å². The van der Waals surface area contributed by atoms with E-state index in [1.807, 2.05) is 26.0 Å². The van der Waals surface area contributed by atoms with E-state index in [4.69, 9.17) is 4.52 Å². The minimum absolute atomic E-state index is 0.117. The zero-order valence-corrected chi connectivity index (χ0v) is 16.2. The predicted molar refractivity (Wildman–Crippen MR) is 103 cm³/mol. The average molecular weight is 374 g/mol. The molecule has 3 rings (SSSR count). The number of hydrogen-bond donors (Lipinski definition) is 1. The molecule has 6 nitrogen and oxygen atoms in total. The Balaban J connectivity index is 1.45. The van der Waals surface area contributed by atoms with Crippen molar-refractivity contribution in [2.24, 2.45) is 0 Å². The van der Waals surface area contributed by atoms with Crippen LogP contribution in [0.3, 0.4) is 0 Å². The first-order valence-electron chi connectivity index (χ1n) is 9.43. The van der Waals surface area contributed by atoms with Gasteiger partial charge in [0.05, 0.1) is 5.69 Å². The number of aromatic nitrogens is 1. The number of amides is 1. The van der Waals surface area contributed by atoms with Crippen LogP contribution in [-0.2, 0) is 0 Å². The van der Waals surface area contributed by atoms with E-state index in [0.29, 0.717) is 23.6 Å². The van der Waals surface area contributed by atoms with E-state index in [1.165, 1.54) is 12.1 Å². The van der Waals surface area contributed by atoms with Crippen molar-refractivity contribution in [1.82, 2.24) is 15.4 Å². The first-order valence-corrected chi connectivity index (χ1v) is 9.43. The third-order valence-corrected chi connectivity index (χ3v) is 4.92. The molecule has 1 N–H and O–H groups in total. The first kappa shape index (κ1) is 19.4. The molecule has 1 aromatic heterocycles. The number of nitrogens with one attached hydrogen (secondary N) is 1. The number of hydrogen-bond acceptors (Lipinski definition) is 5. The molecule has 1 aromatic carbocycles. The smallest absolute Gasteiger partial charge is 0.256 e. The van der Waals surface area contributed by atoms with Crippen molar-refractivity contribution in [2.45, 2.75) is 26.7 Å². The van der Waals surface area contributed by atoms with E-state index in [9.17, 15) is 9.18 Å². The highest BCUT2D eigenvalue weighted by Crippen LogP contribution is 2.22. The van der Waals surface area contributed by atoms with Gasteiger partial charge in [-0.25, -0.2) is 4.39 Å². The van der Waals surface area contributed by atoms with Gasteiger partial charge in [0.2, 0.25) is 0 Å². The third kappa shape index (κ3) is 4.66. The molecule has 1 aliphatic heterocycles. The van der Waals surface area contributed by atoms with Gasteiger partial charge in [0.1, 0.15) is 11.4 Å². The van der Waals surface area contributed by atoms with Crippen molar-refractivity contribution >= 4 is 11.6 Å². The minimum atomic E-state index is -0.211. The monoisotopic (exact) mass is 374 g/mol. The van der Waals surface area contributed by atoms with Crippen molar-refractivity contribution in [2.75, 3.05) is 44.2 Å². The number of benzene rings is 1. The first-order chi connectivity index (χ1) is 13.0. The van der Waals surface area contributed by atoms with Gasteiger partial charge < -0.3 is 14.7 Å². The van der Waals surface area contributed by atoms with Crippen LogP contribution < -0.4 is 10.2 Å². The number of piperazine rings is 1. The Morgan fingerprint density at radius 1 is 1.22 bits per heavy atom. The van der Waals surface area contributed by atoms with Crippen LogP contribution in [0.1, 0.15) is 41.6 Å². The Morgan fingerprint density at radius 3 is 2.52 bits per heavy atom. The molecular weight excluding hydrogens is 347 g/mol. The second-order valence-corrected chi connectivity index (χ2v) is 7.22. The molecule has 0 atom stereocenters. The topological polar surface area (TPSA) is 61.6 Å². The zero-order chi connectivity index (χ0) is 19.4. The lowest BCUT2D eigenvalue weighted by Crippen LogP contribution is -2.48. The molecule has 1 aliphatic rings. The van der Waals surface area contributed by atoms with Crippen LogP contribution in [0, 0.1) is 12.7 Å². The number of halogens is 1. The molecule has 0 spiro atoms. The summed E-state index contributed by atoms with van der Waals surface area (Å²) in [6.07, 6.45) is 0. The van der Waals surface area contributed by atoms with E-state index < -0.39 is 0 Å². The Bertz CT molecular complexity index is 765. The number of carbonyl (C=O) groups is 1. The molecule has 0 aliphatic carbocycles. The van der Waals surface area contributed by atoms with E-state index in [0.717, 1.165) is 38.4 Å². The summed E-state index contributed by atoms with van der Waals surface area (Å²) in [5, 5.41) is 6.91. The maximum Gasteiger partial charge on any atom is 0.256 e. The van der Waals surface area contributed by atoms with Crippen molar-refractivity contribution in [3.05, 3.63) is 47.1 Å². The highest BCUT2D eigenvalue weighted by Gasteiger charge is 2.23. The van der Waals surface area contributed by atoms with Gasteiger partial charge in [0, 0.05) is 50.9 Å². The summed E-state index contributed by atoms with van der Waals surface area (Å²) in [4.78, 5) is 17.1. The van der Waals surface area contributed by atoms with Gasteiger partial charge >= 0.3 is 0 Å². The number of anilines is 1. The minimum Gasteiger partial charge on any atom is -0.369 e. The number of rotatable bonds is 6. The molecule has 1 saturated heterocycles. The van der Waals surface area contributed by atoms with Crippen molar-refractivity contribution in [1.29, 1.82) is 0 Å². The fraction of sp³-hybridized carbons (Fsp3) is 0.500. The summed E-state index contributed by atoms with van der Waals surface area (Å²) in [6.45, 7) is 10.7. The highest BCUT2D eigenvalue weighted by atomic mass is 19.1. The molecule has 0 saturated carbocycles. The molecule has 27 heavy (non-hydrogen) atoms. The van der Waals surface area contributed by atoms with Crippen LogP contribution in [-0.4, -0.2) is 55.2 Å². The average Bonchev–Trinajstić information content (AvgIpc) is 3.05. The lowest BCUT2D eigenvalue weighted by molar-refractivity contribution is 0.0944. The Kier molecular flexibility index (Phi) is 6.11. The largest absolute Gasteiger partial charge is 0.369 e. The standard InChI is InChI=1S/C20H27FN4O2/c1-14(2)19-18(15(3)23-27-19)20(26)22-8-9-24-10-12-25(13-11-24)17-6-4-16(21)5-7-17/h4-7,14H,8-13H2,1-3H3,(H,22,26). The predicted octanol–water partition coefficient (Wildman–Crippen LogP) is 2.80. The molecule has 2 aromatic rings. The van der Waals surface area contributed by atoms with Gasteiger partial charge in [-0.05, 0) is 31.2 Å². The summed E-state index contributed by atoms with van der Waals surface area (Å²) < 4.78 is 18.3. The lowest BCUT2D eigenvalue weighted by Gasteiger charge is -2.36. The summed E-state index contributed by atoms with van der Waals surface area (Å²) in [7, 11) is 0. The molecule has 0 unspecified atom stereocenters. The number of nitrogens with zero attached hydrogens (tertiary/aromatic N) is 3. The SMILES string of the molecule is Cc1noc(C(C)C)c1C(=O)NCCN1CCN(c2ccc(F)cc2)CC1. The Morgan fingerprint density at radius 2 is 1.89 bits per heavy atom. The van der Waals surface area contributed by atoms with Crippen LogP contribution in [0.25, 0.3) is 0 Å². The van der Waals surface area contributed by atoms with Crippen molar-refractivity contribution < 1.29 is 13.7 Å². The second kappa shape index (κ2) is 8.52. The highest BCUT2D eigenvalue weighted by molar-refractivity contribution is 5.96. The molecule has 1 amide bonds. The molecule has 0 radical (unpaired) electrons. The van der Waals surface area contributed by atoms with Gasteiger partial charge in [-0.1, -0.05) is 19.0 Å². The van der Waals surface area contributed by atoms with E-state index in [1.54, 1.807) is 6.92 Å². The van der Waals surface area contributed by atoms with Crippen LogP contribution in [0.4, 0.5) is 10.1 Å². The zero-order valence-electron chi connectivity index (χ0n) is 16.2. The number of carbonyl (C=O) groups excluding carboxylic acids is 1. The van der Waals surface area contributed by atoms with Gasteiger partial charge in [-0.15, -0.1) is 0 Å². The normalized spacial score (nSPS) is 15.4. The molecule has 1 fully saturated rings. The molecule has 7 heteroatoms. The quantitative estimate of drug-likeness (QED) is 0.842. The lowest BCUT2D eigenvalue weighted by atomic mass is 10.0. The van der Waals surface area contributed by atoms with E-state index >= 15 is 0 Å². The van der Waals surface area contributed by atoms with Crippen LogP contribution in [0.15, 0.2) is 28.8 Å². The van der Waals surface area contributed by atoms with Crippen LogP contribution >= 0.6 is 0 Å². The van der Waals surface area contributed by atoms with Gasteiger partial charge in [0.15, 0.2) is 5.76 Å².